The van der Waals surface area contributed by atoms with E-state index in [-0.39, 0.29) is 0 Å². The SMILES string of the molecule is CN=C/C=C\C=C(/C)c1c(C)ccc2c1oc1nc(C)ccc12. The molecular weight excluding hydrogens is 284 g/mol. The maximum atomic E-state index is 6.09. The lowest BCUT2D eigenvalue weighted by Crippen LogP contribution is -1.86. The molecule has 2 heterocycles. The number of pyridine rings is 1. The lowest BCUT2D eigenvalue weighted by molar-refractivity contribution is 0.651. The molecule has 2 aromatic heterocycles. The van der Waals surface area contributed by atoms with Crippen LogP contribution in [-0.2, 0) is 0 Å². The first-order valence-electron chi connectivity index (χ1n) is 7.67. The van der Waals surface area contributed by atoms with Crippen molar-refractivity contribution in [3.63, 3.8) is 0 Å². The van der Waals surface area contributed by atoms with Crippen molar-refractivity contribution in [3.8, 4) is 0 Å². The van der Waals surface area contributed by atoms with Crippen LogP contribution >= 0.6 is 0 Å². The van der Waals surface area contributed by atoms with E-state index in [0.717, 1.165) is 33.2 Å². The molecule has 0 unspecified atom stereocenters. The molecule has 0 atom stereocenters. The number of hydrogen-bond acceptors (Lipinski definition) is 3. The zero-order valence-electron chi connectivity index (χ0n) is 13.9. The molecule has 0 saturated heterocycles. The van der Waals surface area contributed by atoms with Crippen LogP contribution in [0.4, 0.5) is 0 Å². The first-order valence-corrected chi connectivity index (χ1v) is 7.67. The Morgan fingerprint density at radius 3 is 2.65 bits per heavy atom. The van der Waals surface area contributed by atoms with Crippen LogP contribution in [0, 0.1) is 13.8 Å². The molecule has 3 rings (SSSR count). The second-order valence-corrected chi connectivity index (χ2v) is 5.68. The third-order valence-corrected chi connectivity index (χ3v) is 3.94. The number of fused-ring (bicyclic) bond motifs is 3. The van der Waals surface area contributed by atoms with Crippen molar-refractivity contribution in [1.82, 2.24) is 4.98 Å². The summed E-state index contributed by atoms with van der Waals surface area (Å²) in [6.07, 6.45) is 7.76. The number of rotatable bonds is 3. The normalized spacial score (nSPS) is 13.1. The molecule has 0 spiro atoms. The summed E-state index contributed by atoms with van der Waals surface area (Å²) < 4.78 is 6.09. The molecule has 0 amide bonds. The molecule has 0 fully saturated rings. The van der Waals surface area contributed by atoms with Crippen LogP contribution in [0.25, 0.3) is 27.6 Å². The van der Waals surface area contributed by atoms with Crippen molar-refractivity contribution in [2.75, 3.05) is 7.05 Å². The Morgan fingerprint density at radius 2 is 1.87 bits per heavy atom. The van der Waals surface area contributed by atoms with Gasteiger partial charge < -0.3 is 4.42 Å². The monoisotopic (exact) mass is 304 g/mol. The van der Waals surface area contributed by atoms with Gasteiger partial charge in [0.05, 0.1) is 0 Å². The van der Waals surface area contributed by atoms with Crippen molar-refractivity contribution in [3.05, 3.63) is 59.3 Å². The lowest BCUT2D eigenvalue weighted by Gasteiger charge is -2.06. The Balaban J connectivity index is 2.23. The van der Waals surface area contributed by atoms with E-state index in [1.807, 2.05) is 25.1 Å². The third kappa shape index (κ3) is 2.82. The standard InChI is InChI=1S/C20H20N2O/c1-13(7-5-6-12-21-4)18-14(2)8-10-16-17-11-9-15(3)22-20(17)23-19(16)18/h5-12H,1-4H3/b6-5-,13-7+,21-12?. The summed E-state index contributed by atoms with van der Waals surface area (Å²) in [6.45, 7) is 6.18. The largest absolute Gasteiger partial charge is 0.437 e. The number of allylic oxidation sites excluding steroid dienone is 4. The van der Waals surface area contributed by atoms with Crippen molar-refractivity contribution >= 4 is 33.9 Å². The first kappa shape index (κ1) is 15.2. The minimum absolute atomic E-state index is 0.702. The Morgan fingerprint density at radius 1 is 1.09 bits per heavy atom. The topological polar surface area (TPSA) is 38.4 Å². The molecule has 0 saturated carbocycles. The summed E-state index contributed by atoms with van der Waals surface area (Å²) in [5.41, 5.74) is 6.06. The second kappa shape index (κ2) is 6.21. The van der Waals surface area contributed by atoms with Crippen molar-refractivity contribution < 1.29 is 4.42 Å². The van der Waals surface area contributed by atoms with Gasteiger partial charge in [0.25, 0.3) is 0 Å². The van der Waals surface area contributed by atoms with Crippen LogP contribution in [-0.4, -0.2) is 18.2 Å². The predicted molar refractivity (Wildman–Crippen MR) is 98.2 cm³/mol. The fourth-order valence-corrected chi connectivity index (χ4v) is 2.82. The lowest BCUT2D eigenvalue weighted by atomic mass is 9.98. The van der Waals surface area contributed by atoms with Crippen LogP contribution < -0.4 is 0 Å². The number of nitrogens with zero attached hydrogens (tertiary/aromatic N) is 2. The minimum atomic E-state index is 0.702. The summed E-state index contributed by atoms with van der Waals surface area (Å²) in [5.74, 6) is 0. The Bertz CT molecular complexity index is 959. The highest BCUT2D eigenvalue weighted by atomic mass is 16.3. The van der Waals surface area contributed by atoms with Gasteiger partial charge in [-0.1, -0.05) is 24.3 Å². The van der Waals surface area contributed by atoms with E-state index in [2.05, 4.69) is 48.1 Å². The predicted octanol–water partition coefficient (Wildman–Crippen LogP) is 5.26. The van der Waals surface area contributed by atoms with E-state index >= 15 is 0 Å². The minimum Gasteiger partial charge on any atom is -0.437 e. The highest BCUT2D eigenvalue weighted by Gasteiger charge is 2.14. The molecule has 3 aromatic rings. The van der Waals surface area contributed by atoms with E-state index in [1.54, 1.807) is 13.3 Å². The summed E-state index contributed by atoms with van der Waals surface area (Å²) in [4.78, 5) is 8.45. The van der Waals surface area contributed by atoms with Crippen LogP contribution in [0.2, 0.25) is 0 Å². The third-order valence-electron chi connectivity index (χ3n) is 3.94. The fraction of sp³-hybridized carbons (Fsp3) is 0.200. The zero-order chi connectivity index (χ0) is 16.4. The average Bonchev–Trinajstić information content (AvgIpc) is 2.88. The Hall–Kier alpha value is -2.68. The molecule has 3 heteroatoms. The average molecular weight is 304 g/mol. The van der Waals surface area contributed by atoms with E-state index in [4.69, 9.17) is 4.42 Å². The van der Waals surface area contributed by atoms with Crippen LogP contribution in [0.1, 0.15) is 23.7 Å². The fourth-order valence-electron chi connectivity index (χ4n) is 2.82. The molecule has 116 valence electrons. The van der Waals surface area contributed by atoms with Crippen LogP contribution in [0.3, 0.4) is 0 Å². The number of benzene rings is 1. The summed E-state index contributed by atoms with van der Waals surface area (Å²) in [6, 6.07) is 8.36. The van der Waals surface area contributed by atoms with E-state index in [9.17, 15) is 0 Å². The quantitative estimate of drug-likeness (QED) is 0.489. The van der Waals surface area contributed by atoms with E-state index < -0.39 is 0 Å². The maximum absolute atomic E-state index is 6.09. The van der Waals surface area contributed by atoms with Gasteiger partial charge in [0.2, 0.25) is 5.71 Å². The smallest absolute Gasteiger partial charge is 0.227 e. The number of furan rings is 1. The molecule has 3 nitrogen and oxygen atoms in total. The van der Waals surface area contributed by atoms with Gasteiger partial charge in [-0.05, 0) is 50.1 Å². The Kier molecular flexibility index (Phi) is 4.11. The molecule has 1 aromatic carbocycles. The van der Waals surface area contributed by atoms with Crippen molar-refractivity contribution in [2.24, 2.45) is 4.99 Å². The molecule has 0 aliphatic carbocycles. The van der Waals surface area contributed by atoms with Gasteiger partial charge in [-0.25, -0.2) is 4.98 Å². The van der Waals surface area contributed by atoms with Gasteiger partial charge in [-0.2, -0.15) is 0 Å². The van der Waals surface area contributed by atoms with Gasteiger partial charge in [-0.15, -0.1) is 0 Å². The number of aromatic nitrogens is 1. The molecule has 0 bridgehead atoms. The highest BCUT2D eigenvalue weighted by molar-refractivity contribution is 6.07. The summed E-state index contributed by atoms with van der Waals surface area (Å²) in [5, 5.41) is 2.17. The van der Waals surface area contributed by atoms with Crippen LogP contribution in [0.15, 0.2) is 51.9 Å². The highest BCUT2D eigenvalue weighted by Crippen LogP contribution is 2.34. The van der Waals surface area contributed by atoms with Crippen LogP contribution in [0.5, 0.6) is 0 Å². The van der Waals surface area contributed by atoms with E-state index in [0.29, 0.717) is 5.71 Å². The molecule has 23 heavy (non-hydrogen) atoms. The molecule has 0 N–H and O–H groups in total. The van der Waals surface area contributed by atoms with Gasteiger partial charge in [0, 0.05) is 35.3 Å². The number of hydrogen-bond donors (Lipinski definition) is 0. The molecule has 0 radical (unpaired) electrons. The summed E-state index contributed by atoms with van der Waals surface area (Å²) in [7, 11) is 1.76. The van der Waals surface area contributed by atoms with Gasteiger partial charge >= 0.3 is 0 Å². The maximum Gasteiger partial charge on any atom is 0.227 e. The number of aryl methyl sites for hydroxylation is 2. The summed E-state index contributed by atoms with van der Waals surface area (Å²) >= 11 is 0. The first-order chi connectivity index (χ1) is 11.1. The Labute approximate surface area is 136 Å². The second-order valence-electron chi connectivity index (χ2n) is 5.68. The van der Waals surface area contributed by atoms with Gasteiger partial charge in [0.1, 0.15) is 5.58 Å². The zero-order valence-corrected chi connectivity index (χ0v) is 13.9. The van der Waals surface area contributed by atoms with Crippen molar-refractivity contribution in [1.29, 1.82) is 0 Å². The van der Waals surface area contributed by atoms with Crippen molar-refractivity contribution in [2.45, 2.75) is 20.8 Å². The van der Waals surface area contributed by atoms with Gasteiger partial charge in [-0.3, -0.25) is 4.99 Å². The van der Waals surface area contributed by atoms with Gasteiger partial charge in [0.15, 0.2) is 0 Å². The molecule has 0 aliphatic rings. The van der Waals surface area contributed by atoms with E-state index in [1.165, 1.54) is 5.56 Å². The number of aliphatic imine (C=N–C) groups is 1. The molecule has 0 aliphatic heterocycles. The molecular formula is C20H20N2O.